The standard InChI is InChI=1S/C12H17N3OS2/c1-8-12(14-9(2)18-8)10-7-17-11(15-10)6-13-4-5-16-3/h7,13H,4-6H2,1-3H3. The molecule has 0 saturated heterocycles. The van der Waals surface area contributed by atoms with Crippen molar-refractivity contribution in [2.24, 2.45) is 0 Å². The Labute approximate surface area is 115 Å². The lowest BCUT2D eigenvalue weighted by Gasteiger charge is -2.00. The van der Waals surface area contributed by atoms with Crippen molar-refractivity contribution >= 4 is 22.7 Å². The normalized spacial score (nSPS) is 11.1. The minimum atomic E-state index is 0.725. The van der Waals surface area contributed by atoms with Gasteiger partial charge in [0.1, 0.15) is 16.4 Å². The molecule has 98 valence electrons. The average molecular weight is 283 g/mol. The van der Waals surface area contributed by atoms with Crippen molar-refractivity contribution in [1.29, 1.82) is 0 Å². The third kappa shape index (κ3) is 3.35. The number of ether oxygens (including phenoxy) is 1. The molecule has 2 aromatic heterocycles. The lowest BCUT2D eigenvalue weighted by molar-refractivity contribution is 0.199. The largest absolute Gasteiger partial charge is 0.383 e. The number of thiazole rings is 2. The molecule has 18 heavy (non-hydrogen) atoms. The first kappa shape index (κ1) is 13.6. The predicted molar refractivity (Wildman–Crippen MR) is 76.3 cm³/mol. The molecule has 6 heteroatoms. The summed E-state index contributed by atoms with van der Waals surface area (Å²) in [7, 11) is 1.70. The molecule has 0 saturated carbocycles. The first-order valence-electron chi connectivity index (χ1n) is 5.79. The molecule has 0 aromatic carbocycles. The maximum absolute atomic E-state index is 4.98. The van der Waals surface area contributed by atoms with E-state index in [1.165, 1.54) is 4.88 Å². The zero-order valence-corrected chi connectivity index (χ0v) is 12.5. The molecular weight excluding hydrogens is 266 g/mol. The highest BCUT2D eigenvalue weighted by molar-refractivity contribution is 7.12. The van der Waals surface area contributed by atoms with Gasteiger partial charge < -0.3 is 10.1 Å². The fourth-order valence-corrected chi connectivity index (χ4v) is 3.21. The second kappa shape index (κ2) is 6.38. The SMILES string of the molecule is COCCNCc1nc(-c2nc(C)sc2C)cs1. The number of aryl methyl sites for hydroxylation is 2. The summed E-state index contributed by atoms with van der Waals surface area (Å²) in [5.74, 6) is 0. The molecule has 0 atom stereocenters. The van der Waals surface area contributed by atoms with E-state index in [1.807, 2.05) is 6.92 Å². The van der Waals surface area contributed by atoms with E-state index < -0.39 is 0 Å². The number of hydrogen-bond donors (Lipinski definition) is 1. The second-order valence-electron chi connectivity index (χ2n) is 3.93. The van der Waals surface area contributed by atoms with Crippen molar-refractivity contribution in [3.63, 3.8) is 0 Å². The average Bonchev–Trinajstić information content (AvgIpc) is 2.91. The van der Waals surface area contributed by atoms with Crippen molar-refractivity contribution < 1.29 is 4.74 Å². The number of nitrogens with zero attached hydrogens (tertiary/aromatic N) is 2. The minimum Gasteiger partial charge on any atom is -0.383 e. The predicted octanol–water partition coefficient (Wildman–Crippen LogP) is 2.62. The van der Waals surface area contributed by atoms with Gasteiger partial charge in [0.15, 0.2) is 0 Å². The molecule has 0 aliphatic heterocycles. The summed E-state index contributed by atoms with van der Waals surface area (Å²) in [6.45, 7) is 6.48. The first-order chi connectivity index (χ1) is 8.70. The van der Waals surface area contributed by atoms with Gasteiger partial charge in [-0.05, 0) is 13.8 Å². The van der Waals surface area contributed by atoms with Crippen LogP contribution in [0.5, 0.6) is 0 Å². The summed E-state index contributed by atoms with van der Waals surface area (Å²) in [5, 5.41) is 7.55. The van der Waals surface area contributed by atoms with E-state index in [0.717, 1.165) is 41.1 Å². The zero-order valence-electron chi connectivity index (χ0n) is 10.8. The van der Waals surface area contributed by atoms with Gasteiger partial charge in [0, 0.05) is 30.5 Å². The highest BCUT2D eigenvalue weighted by atomic mass is 32.1. The maximum Gasteiger partial charge on any atom is 0.107 e. The van der Waals surface area contributed by atoms with Crippen LogP contribution >= 0.6 is 22.7 Å². The molecule has 4 nitrogen and oxygen atoms in total. The monoisotopic (exact) mass is 283 g/mol. The van der Waals surface area contributed by atoms with Crippen LogP contribution in [0.4, 0.5) is 0 Å². The Morgan fingerprint density at radius 2 is 2.17 bits per heavy atom. The molecule has 0 amide bonds. The van der Waals surface area contributed by atoms with Crippen LogP contribution in [0.1, 0.15) is 14.9 Å². The van der Waals surface area contributed by atoms with E-state index in [0.29, 0.717) is 0 Å². The van der Waals surface area contributed by atoms with Crippen LogP contribution in [0, 0.1) is 13.8 Å². The van der Waals surface area contributed by atoms with Crippen LogP contribution in [0.2, 0.25) is 0 Å². The number of aromatic nitrogens is 2. The van der Waals surface area contributed by atoms with E-state index in [9.17, 15) is 0 Å². The molecule has 2 rings (SSSR count). The first-order valence-corrected chi connectivity index (χ1v) is 7.48. The van der Waals surface area contributed by atoms with Crippen LogP contribution in [-0.2, 0) is 11.3 Å². The molecule has 0 unspecified atom stereocenters. The smallest absolute Gasteiger partial charge is 0.107 e. The third-order valence-electron chi connectivity index (χ3n) is 2.46. The molecule has 1 N–H and O–H groups in total. The van der Waals surface area contributed by atoms with Crippen molar-refractivity contribution in [2.45, 2.75) is 20.4 Å². The molecule has 0 radical (unpaired) electrons. The number of rotatable bonds is 6. The van der Waals surface area contributed by atoms with Crippen molar-refractivity contribution in [1.82, 2.24) is 15.3 Å². The van der Waals surface area contributed by atoms with Gasteiger partial charge in [-0.1, -0.05) is 0 Å². The number of methoxy groups -OCH3 is 1. The molecular formula is C12H17N3OS2. The Bertz CT molecular complexity index is 507. The highest BCUT2D eigenvalue weighted by Crippen LogP contribution is 2.28. The lowest BCUT2D eigenvalue weighted by atomic mass is 10.3. The Balaban J connectivity index is 1.99. The van der Waals surface area contributed by atoms with Gasteiger partial charge in [-0.25, -0.2) is 9.97 Å². The van der Waals surface area contributed by atoms with Crippen LogP contribution in [0.15, 0.2) is 5.38 Å². The van der Waals surface area contributed by atoms with Gasteiger partial charge in [-0.3, -0.25) is 0 Å². The highest BCUT2D eigenvalue weighted by Gasteiger charge is 2.11. The van der Waals surface area contributed by atoms with Crippen molar-refractivity contribution in [2.75, 3.05) is 20.3 Å². The third-order valence-corrected chi connectivity index (χ3v) is 4.19. The Morgan fingerprint density at radius 3 is 2.83 bits per heavy atom. The van der Waals surface area contributed by atoms with Crippen LogP contribution < -0.4 is 5.32 Å². The minimum absolute atomic E-state index is 0.725. The van der Waals surface area contributed by atoms with E-state index >= 15 is 0 Å². The molecule has 0 bridgehead atoms. The number of hydrogen-bond acceptors (Lipinski definition) is 6. The van der Waals surface area contributed by atoms with Gasteiger partial charge in [0.05, 0.1) is 11.6 Å². The lowest BCUT2D eigenvalue weighted by Crippen LogP contribution is -2.18. The summed E-state index contributed by atoms with van der Waals surface area (Å²) >= 11 is 3.39. The Morgan fingerprint density at radius 1 is 1.33 bits per heavy atom. The van der Waals surface area contributed by atoms with Gasteiger partial charge in [-0.15, -0.1) is 22.7 Å². The second-order valence-corrected chi connectivity index (χ2v) is 6.28. The van der Waals surface area contributed by atoms with Gasteiger partial charge >= 0.3 is 0 Å². The molecule has 0 aliphatic carbocycles. The molecule has 0 fully saturated rings. The van der Waals surface area contributed by atoms with Crippen LogP contribution in [0.25, 0.3) is 11.4 Å². The number of nitrogens with one attached hydrogen (secondary N) is 1. The fraction of sp³-hybridized carbons (Fsp3) is 0.500. The Hall–Kier alpha value is -0.820. The van der Waals surface area contributed by atoms with Gasteiger partial charge in [0.25, 0.3) is 0 Å². The zero-order chi connectivity index (χ0) is 13.0. The summed E-state index contributed by atoms with van der Waals surface area (Å²) in [5.41, 5.74) is 2.02. The molecule has 2 heterocycles. The summed E-state index contributed by atoms with van der Waals surface area (Å²) in [6.07, 6.45) is 0. The summed E-state index contributed by atoms with van der Waals surface area (Å²) < 4.78 is 4.98. The summed E-state index contributed by atoms with van der Waals surface area (Å²) in [6, 6.07) is 0. The topological polar surface area (TPSA) is 47.0 Å². The van der Waals surface area contributed by atoms with Gasteiger partial charge in [0.2, 0.25) is 0 Å². The van der Waals surface area contributed by atoms with Crippen molar-refractivity contribution in [3.8, 4) is 11.4 Å². The van der Waals surface area contributed by atoms with Crippen LogP contribution in [0.3, 0.4) is 0 Å². The van der Waals surface area contributed by atoms with Crippen molar-refractivity contribution in [3.05, 3.63) is 20.3 Å². The molecule has 0 spiro atoms. The van der Waals surface area contributed by atoms with E-state index in [1.54, 1.807) is 29.8 Å². The molecule has 2 aromatic rings. The molecule has 0 aliphatic rings. The quantitative estimate of drug-likeness (QED) is 0.828. The fourth-order valence-electron chi connectivity index (χ4n) is 1.64. The summed E-state index contributed by atoms with van der Waals surface area (Å²) in [4.78, 5) is 10.4. The van der Waals surface area contributed by atoms with E-state index in [4.69, 9.17) is 4.74 Å². The van der Waals surface area contributed by atoms with Crippen LogP contribution in [-0.4, -0.2) is 30.2 Å². The Kier molecular flexibility index (Phi) is 4.82. The van der Waals surface area contributed by atoms with Gasteiger partial charge in [-0.2, -0.15) is 0 Å². The maximum atomic E-state index is 4.98. The van der Waals surface area contributed by atoms with E-state index in [2.05, 4.69) is 27.6 Å². The van der Waals surface area contributed by atoms with E-state index in [-0.39, 0.29) is 0 Å².